The number of carbonyl (C=O) groups excluding carboxylic acids is 2. The summed E-state index contributed by atoms with van der Waals surface area (Å²) < 4.78 is 11.0. The number of esters is 1. The summed E-state index contributed by atoms with van der Waals surface area (Å²) in [6, 6.07) is 14.1. The van der Waals surface area contributed by atoms with E-state index < -0.39 is 12.1 Å². The van der Waals surface area contributed by atoms with Gasteiger partial charge in [0.15, 0.2) is 6.10 Å². The zero-order valence-electron chi connectivity index (χ0n) is 16.6. The Labute approximate surface area is 170 Å². The molecule has 1 aliphatic rings. The van der Waals surface area contributed by atoms with E-state index in [1.54, 1.807) is 13.2 Å². The Morgan fingerprint density at radius 1 is 1.14 bits per heavy atom. The third kappa shape index (κ3) is 4.50. The van der Waals surface area contributed by atoms with E-state index in [2.05, 4.69) is 17.4 Å². The second kappa shape index (κ2) is 8.52. The first-order valence-electron chi connectivity index (χ1n) is 10.1. The van der Waals surface area contributed by atoms with Gasteiger partial charge < -0.3 is 14.5 Å². The van der Waals surface area contributed by atoms with E-state index in [1.165, 1.54) is 11.1 Å². The van der Waals surface area contributed by atoms with Crippen molar-refractivity contribution >= 4 is 22.8 Å². The van der Waals surface area contributed by atoms with Gasteiger partial charge in [0.25, 0.3) is 5.91 Å². The number of furan rings is 1. The zero-order chi connectivity index (χ0) is 20.2. The lowest BCUT2D eigenvalue weighted by atomic mass is 10.0. The topological polar surface area (TPSA) is 68.5 Å². The van der Waals surface area contributed by atoms with Gasteiger partial charge in [-0.3, -0.25) is 9.59 Å². The first-order chi connectivity index (χ1) is 14.1. The molecule has 0 aliphatic heterocycles. The number of amides is 1. The highest BCUT2D eigenvalue weighted by Gasteiger charge is 2.20. The van der Waals surface area contributed by atoms with Gasteiger partial charge in [0.1, 0.15) is 5.58 Å². The SMILES string of the molecule is CC(OC(=O)Cc1coc2cc3c(cc12)CCC3)C(=O)NCCc1ccccc1. The molecule has 0 bridgehead atoms. The zero-order valence-corrected chi connectivity index (χ0v) is 16.6. The summed E-state index contributed by atoms with van der Waals surface area (Å²) in [7, 11) is 0. The molecule has 3 aromatic rings. The predicted molar refractivity (Wildman–Crippen MR) is 111 cm³/mol. The minimum Gasteiger partial charge on any atom is -0.464 e. The molecule has 150 valence electrons. The van der Waals surface area contributed by atoms with Crippen LogP contribution in [0.5, 0.6) is 0 Å². The van der Waals surface area contributed by atoms with Crippen LogP contribution in [0.25, 0.3) is 11.0 Å². The van der Waals surface area contributed by atoms with Crippen molar-refractivity contribution in [3.63, 3.8) is 0 Å². The minimum absolute atomic E-state index is 0.0907. The van der Waals surface area contributed by atoms with Gasteiger partial charge in [-0.2, -0.15) is 0 Å². The number of aryl methyl sites for hydroxylation is 2. The maximum absolute atomic E-state index is 12.4. The Hall–Kier alpha value is -3.08. The normalized spacial score (nSPS) is 13.8. The molecule has 5 heteroatoms. The number of hydrogen-bond acceptors (Lipinski definition) is 4. The largest absolute Gasteiger partial charge is 0.464 e. The van der Waals surface area contributed by atoms with Crippen molar-refractivity contribution in [3.8, 4) is 0 Å². The van der Waals surface area contributed by atoms with Gasteiger partial charge in [-0.05, 0) is 61.4 Å². The van der Waals surface area contributed by atoms with Crippen molar-refractivity contribution in [1.29, 1.82) is 0 Å². The number of fused-ring (bicyclic) bond motifs is 2. The maximum Gasteiger partial charge on any atom is 0.311 e. The molecule has 4 rings (SSSR count). The Morgan fingerprint density at radius 3 is 2.69 bits per heavy atom. The van der Waals surface area contributed by atoms with E-state index in [9.17, 15) is 9.59 Å². The molecule has 1 heterocycles. The molecule has 1 amide bonds. The fraction of sp³-hybridized carbons (Fsp3) is 0.333. The van der Waals surface area contributed by atoms with Gasteiger partial charge in [0.05, 0.1) is 12.7 Å². The summed E-state index contributed by atoms with van der Waals surface area (Å²) in [6.45, 7) is 2.10. The first kappa shape index (κ1) is 19.2. The highest BCUT2D eigenvalue weighted by atomic mass is 16.5. The number of ether oxygens (including phenoxy) is 1. The van der Waals surface area contributed by atoms with Crippen molar-refractivity contribution in [2.45, 2.75) is 45.1 Å². The molecule has 0 fully saturated rings. The van der Waals surface area contributed by atoms with E-state index in [1.807, 2.05) is 30.3 Å². The second-order valence-electron chi connectivity index (χ2n) is 7.57. The van der Waals surface area contributed by atoms with Gasteiger partial charge in [0.2, 0.25) is 0 Å². The van der Waals surface area contributed by atoms with E-state index in [0.29, 0.717) is 6.54 Å². The average Bonchev–Trinajstić information content (AvgIpc) is 3.33. The van der Waals surface area contributed by atoms with Crippen LogP contribution in [0.2, 0.25) is 0 Å². The van der Waals surface area contributed by atoms with E-state index in [0.717, 1.165) is 47.8 Å². The standard InChI is InChI=1S/C24H25NO4/c1-16(24(27)25-11-10-17-6-3-2-4-7-17)29-23(26)14-20-15-28-22-13-19-9-5-8-18(19)12-21(20)22/h2-4,6-7,12-13,15-16H,5,8-11,14H2,1H3,(H,25,27). The van der Waals surface area contributed by atoms with Crippen molar-refractivity contribution in [1.82, 2.24) is 5.32 Å². The van der Waals surface area contributed by atoms with Gasteiger partial charge in [-0.1, -0.05) is 30.3 Å². The maximum atomic E-state index is 12.4. The third-order valence-electron chi connectivity index (χ3n) is 5.44. The fourth-order valence-corrected chi connectivity index (χ4v) is 3.85. The number of nitrogens with one attached hydrogen (secondary N) is 1. The summed E-state index contributed by atoms with van der Waals surface area (Å²) in [5.74, 6) is -0.719. The molecule has 1 N–H and O–H groups in total. The van der Waals surface area contributed by atoms with E-state index in [4.69, 9.17) is 9.15 Å². The number of hydrogen-bond donors (Lipinski definition) is 1. The summed E-state index contributed by atoms with van der Waals surface area (Å²) in [5, 5.41) is 3.78. The smallest absolute Gasteiger partial charge is 0.311 e. The Kier molecular flexibility index (Phi) is 5.65. The van der Waals surface area contributed by atoms with E-state index >= 15 is 0 Å². The summed E-state index contributed by atoms with van der Waals surface area (Å²) >= 11 is 0. The van der Waals surface area contributed by atoms with Crippen LogP contribution in [0.4, 0.5) is 0 Å². The molecule has 0 spiro atoms. The van der Waals surface area contributed by atoms with Crippen molar-refractivity contribution in [2.24, 2.45) is 0 Å². The molecule has 1 atom stereocenters. The molecular formula is C24H25NO4. The summed E-state index contributed by atoms with van der Waals surface area (Å²) in [5.41, 5.74) is 5.42. The Bertz CT molecular complexity index is 1020. The molecular weight excluding hydrogens is 366 g/mol. The number of rotatable bonds is 7. The van der Waals surface area contributed by atoms with Crippen molar-refractivity contribution < 1.29 is 18.7 Å². The predicted octanol–water partition coefficient (Wildman–Crippen LogP) is 3.75. The van der Waals surface area contributed by atoms with Gasteiger partial charge in [-0.25, -0.2) is 0 Å². The second-order valence-corrected chi connectivity index (χ2v) is 7.57. The van der Waals surface area contributed by atoms with Crippen molar-refractivity contribution in [3.05, 3.63) is 71.0 Å². The molecule has 0 saturated carbocycles. The van der Waals surface area contributed by atoms with Crippen LogP contribution in [-0.2, 0) is 40.0 Å². The van der Waals surface area contributed by atoms with E-state index in [-0.39, 0.29) is 12.3 Å². The van der Waals surface area contributed by atoms with Crippen LogP contribution in [0.1, 0.15) is 35.6 Å². The molecule has 0 saturated heterocycles. The minimum atomic E-state index is -0.833. The van der Waals surface area contributed by atoms with Gasteiger partial charge in [0, 0.05) is 17.5 Å². The summed E-state index contributed by atoms with van der Waals surface area (Å²) in [4.78, 5) is 24.6. The quantitative estimate of drug-likeness (QED) is 0.623. The summed E-state index contributed by atoms with van der Waals surface area (Å²) in [6.07, 6.45) is 4.93. The lowest BCUT2D eigenvalue weighted by molar-refractivity contribution is -0.154. The number of carbonyl (C=O) groups is 2. The highest BCUT2D eigenvalue weighted by Crippen LogP contribution is 2.30. The molecule has 1 aromatic heterocycles. The van der Waals surface area contributed by atoms with Gasteiger partial charge >= 0.3 is 5.97 Å². The third-order valence-corrected chi connectivity index (χ3v) is 5.44. The fourth-order valence-electron chi connectivity index (χ4n) is 3.85. The molecule has 2 aromatic carbocycles. The lowest BCUT2D eigenvalue weighted by Crippen LogP contribution is -2.37. The monoisotopic (exact) mass is 391 g/mol. The van der Waals surface area contributed by atoms with Crippen LogP contribution in [-0.4, -0.2) is 24.5 Å². The molecule has 0 radical (unpaired) electrons. The van der Waals surface area contributed by atoms with Crippen LogP contribution < -0.4 is 5.32 Å². The lowest BCUT2D eigenvalue weighted by Gasteiger charge is -2.13. The highest BCUT2D eigenvalue weighted by molar-refractivity contribution is 5.88. The first-order valence-corrected chi connectivity index (χ1v) is 10.1. The molecule has 1 unspecified atom stereocenters. The van der Waals surface area contributed by atoms with Crippen molar-refractivity contribution in [2.75, 3.05) is 6.54 Å². The van der Waals surface area contributed by atoms with Gasteiger partial charge in [-0.15, -0.1) is 0 Å². The van der Waals surface area contributed by atoms with Crippen LogP contribution >= 0.6 is 0 Å². The van der Waals surface area contributed by atoms with Crippen LogP contribution in [0, 0.1) is 0 Å². The molecule has 29 heavy (non-hydrogen) atoms. The van der Waals surface area contributed by atoms with Crippen LogP contribution in [0.3, 0.4) is 0 Å². The molecule has 1 aliphatic carbocycles. The Morgan fingerprint density at radius 2 is 1.90 bits per heavy atom. The van der Waals surface area contributed by atoms with Crippen LogP contribution in [0.15, 0.2) is 53.1 Å². The molecule has 5 nitrogen and oxygen atoms in total. The number of benzene rings is 2. The average molecular weight is 391 g/mol. The Balaban J connectivity index is 1.30.